The van der Waals surface area contributed by atoms with Crippen LogP contribution < -0.4 is 9.46 Å². The zero-order valence-corrected chi connectivity index (χ0v) is 17.9. The molecule has 2 aromatic carbocycles. The molecule has 0 spiro atoms. The second-order valence-electron chi connectivity index (χ2n) is 6.81. The zero-order chi connectivity index (χ0) is 21.9. The standard InChI is InChI=1S/C20H22N4O5S/c1-13-10-15(8-9-17(13)23-30(4,26)27)20(25)24(2)12-18-21-19(22-29-18)14-6-5-7-16(11-14)28-3/h5-11,23H,12H2,1-4H3. The summed E-state index contributed by atoms with van der Waals surface area (Å²) in [4.78, 5) is 18.5. The summed E-state index contributed by atoms with van der Waals surface area (Å²) >= 11 is 0. The number of methoxy groups -OCH3 is 1. The molecule has 0 aliphatic rings. The lowest BCUT2D eigenvalue weighted by Gasteiger charge is -2.16. The fraction of sp³-hybridized carbons (Fsp3) is 0.250. The Morgan fingerprint density at radius 3 is 2.67 bits per heavy atom. The summed E-state index contributed by atoms with van der Waals surface area (Å²) in [6.45, 7) is 1.85. The van der Waals surface area contributed by atoms with Gasteiger partial charge < -0.3 is 14.2 Å². The summed E-state index contributed by atoms with van der Waals surface area (Å²) in [5.74, 6) is 1.10. The van der Waals surface area contributed by atoms with Gasteiger partial charge in [0.1, 0.15) is 5.75 Å². The van der Waals surface area contributed by atoms with Crippen molar-refractivity contribution in [3.05, 3.63) is 59.5 Å². The predicted molar refractivity (Wildman–Crippen MR) is 112 cm³/mol. The van der Waals surface area contributed by atoms with E-state index in [2.05, 4.69) is 14.9 Å². The van der Waals surface area contributed by atoms with Gasteiger partial charge in [-0.15, -0.1) is 0 Å². The van der Waals surface area contributed by atoms with Crippen LogP contribution in [0.2, 0.25) is 0 Å². The third kappa shape index (κ3) is 5.15. The molecule has 10 heteroatoms. The number of anilines is 1. The number of hydrogen-bond acceptors (Lipinski definition) is 7. The highest BCUT2D eigenvalue weighted by molar-refractivity contribution is 7.92. The maximum Gasteiger partial charge on any atom is 0.254 e. The molecule has 1 N–H and O–H groups in total. The molecule has 0 saturated heterocycles. The van der Waals surface area contributed by atoms with Crippen LogP contribution in [0.15, 0.2) is 47.0 Å². The van der Waals surface area contributed by atoms with Crippen LogP contribution in [0.25, 0.3) is 11.4 Å². The lowest BCUT2D eigenvalue weighted by Crippen LogP contribution is -2.26. The summed E-state index contributed by atoms with van der Waals surface area (Å²) in [6.07, 6.45) is 1.07. The van der Waals surface area contributed by atoms with Crippen molar-refractivity contribution in [2.24, 2.45) is 0 Å². The van der Waals surface area contributed by atoms with Gasteiger partial charge in [0.15, 0.2) is 0 Å². The molecule has 3 rings (SSSR count). The Kier molecular flexibility index (Phi) is 6.06. The van der Waals surface area contributed by atoms with Crippen LogP contribution in [-0.2, 0) is 16.6 Å². The van der Waals surface area contributed by atoms with E-state index in [9.17, 15) is 13.2 Å². The van der Waals surface area contributed by atoms with Crippen LogP contribution in [0.5, 0.6) is 5.75 Å². The number of sulfonamides is 1. The first-order valence-corrected chi connectivity index (χ1v) is 10.9. The van der Waals surface area contributed by atoms with Crippen molar-refractivity contribution in [3.8, 4) is 17.1 Å². The van der Waals surface area contributed by atoms with E-state index in [1.165, 1.54) is 4.90 Å². The monoisotopic (exact) mass is 430 g/mol. The predicted octanol–water partition coefficient (Wildman–Crippen LogP) is 2.70. The van der Waals surface area contributed by atoms with E-state index in [0.29, 0.717) is 28.4 Å². The van der Waals surface area contributed by atoms with Crippen molar-refractivity contribution in [2.45, 2.75) is 13.5 Å². The van der Waals surface area contributed by atoms with Crippen molar-refractivity contribution in [1.82, 2.24) is 15.0 Å². The van der Waals surface area contributed by atoms with Gasteiger partial charge in [-0.25, -0.2) is 8.42 Å². The zero-order valence-electron chi connectivity index (χ0n) is 17.0. The Morgan fingerprint density at radius 1 is 1.23 bits per heavy atom. The molecule has 0 bridgehead atoms. The lowest BCUT2D eigenvalue weighted by molar-refractivity contribution is 0.0769. The molecule has 0 fully saturated rings. The van der Waals surface area contributed by atoms with E-state index in [0.717, 1.165) is 11.8 Å². The van der Waals surface area contributed by atoms with Gasteiger partial charge >= 0.3 is 0 Å². The summed E-state index contributed by atoms with van der Waals surface area (Å²) in [5.41, 5.74) is 2.22. The maximum absolute atomic E-state index is 12.7. The summed E-state index contributed by atoms with van der Waals surface area (Å²) < 4.78 is 35.7. The van der Waals surface area contributed by atoms with Crippen molar-refractivity contribution < 1.29 is 22.5 Å². The van der Waals surface area contributed by atoms with Crippen LogP contribution in [0.3, 0.4) is 0 Å². The molecular formula is C20H22N4O5S. The van der Waals surface area contributed by atoms with Crippen LogP contribution in [-0.4, -0.2) is 49.8 Å². The summed E-state index contributed by atoms with van der Waals surface area (Å²) in [6, 6.07) is 12.0. The van der Waals surface area contributed by atoms with Gasteiger partial charge in [0.2, 0.25) is 21.7 Å². The molecule has 0 saturated carbocycles. The summed E-state index contributed by atoms with van der Waals surface area (Å²) in [7, 11) is -0.199. The molecule has 1 amide bonds. The molecule has 0 atom stereocenters. The molecular weight excluding hydrogens is 408 g/mol. The number of aryl methyl sites for hydroxylation is 1. The molecule has 9 nitrogen and oxygen atoms in total. The largest absolute Gasteiger partial charge is 0.497 e. The minimum atomic E-state index is -3.40. The van der Waals surface area contributed by atoms with Crippen LogP contribution >= 0.6 is 0 Å². The van der Waals surface area contributed by atoms with Crippen molar-refractivity contribution in [2.75, 3.05) is 25.1 Å². The average molecular weight is 430 g/mol. The van der Waals surface area contributed by atoms with E-state index in [-0.39, 0.29) is 18.3 Å². The molecule has 0 aliphatic carbocycles. The highest BCUT2D eigenvalue weighted by Gasteiger charge is 2.17. The summed E-state index contributed by atoms with van der Waals surface area (Å²) in [5, 5.41) is 3.96. The molecule has 1 aromatic heterocycles. The quantitative estimate of drug-likeness (QED) is 0.613. The number of amides is 1. The number of benzene rings is 2. The molecule has 158 valence electrons. The fourth-order valence-corrected chi connectivity index (χ4v) is 3.43. The number of hydrogen-bond donors (Lipinski definition) is 1. The van der Waals surface area contributed by atoms with Gasteiger partial charge in [0.05, 0.1) is 25.6 Å². The normalized spacial score (nSPS) is 11.2. The SMILES string of the molecule is COc1cccc(-c2noc(CN(C)C(=O)c3ccc(NS(C)(=O)=O)c(C)c3)n2)c1. The number of rotatable bonds is 7. The first-order valence-electron chi connectivity index (χ1n) is 8.97. The second-order valence-corrected chi connectivity index (χ2v) is 8.56. The first kappa shape index (κ1) is 21.3. The van der Waals surface area contributed by atoms with Crippen molar-refractivity contribution >= 4 is 21.6 Å². The Labute approximate surface area is 174 Å². The fourth-order valence-electron chi connectivity index (χ4n) is 2.80. The van der Waals surface area contributed by atoms with Crippen LogP contribution in [0.1, 0.15) is 21.8 Å². The smallest absolute Gasteiger partial charge is 0.254 e. The topological polar surface area (TPSA) is 115 Å². The first-order chi connectivity index (χ1) is 14.2. The van der Waals surface area contributed by atoms with E-state index in [1.807, 2.05) is 18.2 Å². The number of carbonyl (C=O) groups is 1. The molecule has 0 unspecified atom stereocenters. The second kappa shape index (κ2) is 8.54. The van der Waals surface area contributed by atoms with Crippen molar-refractivity contribution in [3.63, 3.8) is 0 Å². The van der Waals surface area contributed by atoms with Crippen LogP contribution in [0.4, 0.5) is 5.69 Å². The maximum atomic E-state index is 12.7. The molecule has 30 heavy (non-hydrogen) atoms. The number of carbonyl (C=O) groups excluding carboxylic acids is 1. The minimum Gasteiger partial charge on any atom is -0.497 e. The van der Waals surface area contributed by atoms with Gasteiger partial charge in [0.25, 0.3) is 5.91 Å². The van der Waals surface area contributed by atoms with Crippen LogP contribution in [0, 0.1) is 6.92 Å². The van der Waals surface area contributed by atoms with E-state index in [4.69, 9.17) is 9.26 Å². The molecule has 3 aromatic rings. The van der Waals surface area contributed by atoms with Gasteiger partial charge in [-0.1, -0.05) is 17.3 Å². The Morgan fingerprint density at radius 2 is 2.00 bits per heavy atom. The molecule has 1 heterocycles. The van der Waals surface area contributed by atoms with Crippen molar-refractivity contribution in [1.29, 1.82) is 0 Å². The number of aromatic nitrogens is 2. The number of ether oxygens (including phenoxy) is 1. The van der Waals surface area contributed by atoms with E-state index >= 15 is 0 Å². The average Bonchev–Trinajstić information content (AvgIpc) is 3.16. The third-order valence-electron chi connectivity index (χ3n) is 4.28. The highest BCUT2D eigenvalue weighted by atomic mass is 32.2. The van der Waals surface area contributed by atoms with E-state index in [1.54, 1.807) is 45.3 Å². The van der Waals surface area contributed by atoms with Gasteiger partial charge in [-0.3, -0.25) is 9.52 Å². The Hall–Kier alpha value is -3.40. The van der Waals surface area contributed by atoms with Gasteiger partial charge in [0, 0.05) is 18.2 Å². The number of nitrogens with zero attached hydrogens (tertiary/aromatic N) is 3. The minimum absolute atomic E-state index is 0.123. The Bertz CT molecular complexity index is 1170. The molecule has 0 radical (unpaired) electrons. The van der Waals surface area contributed by atoms with Gasteiger partial charge in [-0.05, 0) is 42.8 Å². The number of nitrogens with one attached hydrogen (secondary N) is 1. The molecule has 0 aliphatic heterocycles. The van der Waals surface area contributed by atoms with Gasteiger partial charge in [-0.2, -0.15) is 4.98 Å². The Balaban J connectivity index is 1.72. The third-order valence-corrected chi connectivity index (χ3v) is 4.87. The highest BCUT2D eigenvalue weighted by Crippen LogP contribution is 2.22. The van der Waals surface area contributed by atoms with E-state index < -0.39 is 10.0 Å². The lowest BCUT2D eigenvalue weighted by atomic mass is 10.1.